The summed E-state index contributed by atoms with van der Waals surface area (Å²) >= 11 is 0. The van der Waals surface area contributed by atoms with Crippen molar-refractivity contribution in [2.24, 2.45) is 5.73 Å². The van der Waals surface area contributed by atoms with Crippen molar-refractivity contribution >= 4 is 5.91 Å². The SMILES string of the molecule is Cc1n[nH]c(C)c1CCc1ccc(O[C@H](C)C(N)=O)cc1. The number of aromatic amines is 1. The van der Waals surface area contributed by atoms with Gasteiger partial charge >= 0.3 is 0 Å². The Bertz CT molecular complexity index is 597. The number of rotatable bonds is 6. The number of hydrogen-bond acceptors (Lipinski definition) is 3. The van der Waals surface area contributed by atoms with Crippen molar-refractivity contribution in [2.75, 3.05) is 0 Å². The van der Waals surface area contributed by atoms with Gasteiger partial charge in [0, 0.05) is 5.69 Å². The Labute approximate surface area is 124 Å². The van der Waals surface area contributed by atoms with Gasteiger partial charge in [-0.1, -0.05) is 12.1 Å². The van der Waals surface area contributed by atoms with E-state index in [4.69, 9.17) is 10.5 Å². The number of amides is 1. The van der Waals surface area contributed by atoms with E-state index in [1.165, 1.54) is 11.1 Å². The monoisotopic (exact) mass is 287 g/mol. The molecule has 1 aromatic heterocycles. The fraction of sp³-hybridized carbons (Fsp3) is 0.375. The van der Waals surface area contributed by atoms with Crippen molar-refractivity contribution < 1.29 is 9.53 Å². The standard InChI is InChI=1S/C16H21N3O2/c1-10-15(11(2)19-18-10)9-6-13-4-7-14(8-5-13)21-12(3)16(17)20/h4-5,7-8,12H,6,9H2,1-3H3,(H2,17,20)(H,18,19)/t12-/m1/s1. The van der Waals surface area contributed by atoms with Crippen molar-refractivity contribution in [2.45, 2.75) is 39.7 Å². The third-order valence-corrected chi connectivity index (χ3v) is 3.58. The summed E-state index contributed by atoms with van der Waals surface area (Å²) in [6, 6.07) is 7.75. The summed E-state index contributed by atoms with van der Waals surface area (Å²) in [5.74, 6) is 0.186. The average Bonchev–Trinajstić information content (AvgIpc) is 2.77. The summed E-state index contributed by atoms with van der Waals surface area (Å²) in [6.07, 6.45) is 1.27. The van der Waals surface area contributed by atoms with Crippen LogP contribution >= 0.6 is 0 Å². The van der Waals surface area contributed by atoms with Crippen molar-refractivity contribution in [3.63, 3.8) is 0 Å². The Balaban J connectivity index is 1.95. The highest BCUT2D eigenvalue weighted by atomic mass is 16.5. The molecule has 0 spiro atoms. The quantitative estimate of drug-likeness (QED) is 0.853. The number of carbonyl (C=O) groups is 1. The van der Waals surface area contributed by atoms with Crippen LogP contribution in [0.4, 0.5) is 0 Å². The predicted octanol–water partition coefficient (Wildman–Crippen LogP) is 2.06. The van der Waals surface area contributed by atoms with Crippen LogP contribution in [0.15, 0.2) is 24.3 Å². The first-order chi connectivity index (χ1) is 9.97. The average molecular weight is 287 g/mol. The van der Waals surface area contributed by atoms with E-state index in [2.05, 4.69) is 10.2 Å². The molecule has 0 radical (unpaired) electrons. The van der Waals surface area contributed by atoms with E-state index in [0.29, 0.717) is 5.75 Å². The number of hydrogen-bond donors (Lipinski definition) is 2. The zero-order valence-electron chi connectivity index (χ0n) is 12.6. The lowest BCUT2D eigenvalue weighted by Crippen LogP contribution is -2.30. The Hall–Kier alpha value is -2.30. The topological polar surface area (TPSA) is 81.0 Å². The van der Waals surface area contributed by atoms with Crippen LogP contribution in [0.3, 0.4) is 0 Å². The molecule has 0 saturated heterocycles. The molecule has 1 amide bonds. The molecular weight excluding hydrogens is 266 g/mol. The van der Waals surface area contributed by atoms with Gasteiger partial charge in [0.2, 0.25) is 0 Å². The summed E-state index contributed by atoms with van der Waals surface area (Å²) in [7, 11) is 0. The molecule has 0 unspecified atom stereocenters. The molecule has 0 saturated carbocycles. The van der Waals surface area contributed by atoms with Crippen LogP contribution in [-0.4, -0.2) is 22.2 Å². The van der Waals surface area contributed by atoms with E-state index in [1.54, 1.807) is 6.92 Å². The molecule has 21 heavy (non-hydrogen) atoms. The Morgan fingerprint density at radius 1 is 1.29 bits per heavy atom. The minimum atomic E-state index is -0.618. The van der Waals surface area contributed by atoms with E-state index in [0.717, 1.165) is 24.2 Å². The second-order valence-electron chi connectivity index (χ2n) is 5.22. The Morgan fingerprint density at radius 3 is 2.48 bits per heavy atom. The minimum Gasteiger partial charge on any atom is -0.481 e. The normalized spacial score (nSPS) is 12.1. The van der Waals surface area contributed by atoms with Crippen LogP contribution in [0.5, 0.6) is 5.75 Å². The molecule has 5 nitrogen and oxygen atoms in total. The molecule has 2 aromatic rings. The predicted molar refractivity (Wildman–Crippen MR) is 81.2 cm³/mol. The van der Waals surface area contributed by atoms with Gasteiger partial charge < -0.3 is 10.5 Å². The fourth-order valence-electron chi connectivity index (χ4n) is 2.21. The van der Waals surface area contributed by atoms with Gasteiger partial charge in [-0.25, -0.2) is 0 Å². The van der Waals surface area contributed by atoms with Crippen LogP contribution in [-0.2, 0) is 17.6 Å². The summed E-state index contributed by atoms with van der Waals surface area (Å²) in [4.78, 5) is 11.0. The summed E-state index contributed by atoms with van der Waals surface area (Å²) in [6.45, 7) is 5.69. The van der Waals surface area contributed by atoms with Gasteiger partial charge in [-0.2, -0.15) is 5.10 Å². The van der Waals surface area contributed by atoms with E-state index in [1.807, 2.05) is 38.1 Å². The molecule has 0 aliphatic carbocycles. The zero-order chi connectivity index (χ0) is 15.4. The highest BCUT2D eigenvalue weighted by Gasteiger charge is 2.10. The summed E-state index contributed by atoms with van der Waals surface area (Å²) in [5.41, 5.74) is 9.85. The van der Waals surface area contributed by atoms with Crippen LogP contribution < -0.4 is 10.5 Å². The molecule has 112 valence electrons. The maximum Gasteiger partial charge on any atom is 0.258 e. The number of ether oxygens (including phenoxy) is 1. The number of nitrogens with two attached hydrogens (primary N) is 1. The number of nitrogens with one attached hydrogen (secondary N) is 1. The Morgan fingerprint density at radius 2 is 1.95 bits per heavy atom. The summed E-state index contributed by atoms with van der Waals surface area (Å²) in [5, 5.41) is 7.20. The number of aromatic nitrogens is 2. The molecule has 2 rings (SSSR count). The number of benzene rings is 1. The van der Waals surface area contributed by atoms with Crippen LogP contribution in [0.25, 0.3) is 0 Å². The van der Waals surface area contributed by atoms with Gasteiger partial charge in [0.1, 0.15) is 5.75 Å². The van der Waals surface area contributed by atoms with Gasteiger partial charge in [-0.3, -0.25) is 9.89 Å². The van der Waals surface area contributed by atoms with E-state index >= 15 is 0 Å². The van der Waals surface area contributed by atoms with Crippen molar-refractivity contribution in [1.29, 1.82) is 0 Å². The van der Waals surface area contributed by atoms with Crippen LogP contribution in [0.1, 0.15) is 29.4 Å². The molecule has 0 aliphatic rings. The zero-order valence-corrected chi connectivity index (χ0v) is 12.6. The van der Waals surface area contributed by atoms with Gasteiger partial charge in [0.05, 0.1) is 5.69 Å². The van der Waals surface area contributed by atoms with E-state index in [-0.39, 0.29) is 0 Å². The third kappa shape index (κ3) is 3.84. The molecule has 0 bridgehead atoms. The second-order valence-corrected chi connectivity index (χ2v) is 5.22. The van der Waals surface area contributed by atoms with Gasteiger partial charge in [0.25, 0.3) is 5.91 Å². The first-order valence-corrected chi connectivity index (χ1v) is 7.02. The lowest BCUT2D eigenvalue weighted by atomic mass is 10.0. The van der Waals surface area contributed by atoms with E-state index in [9.17, 15) is 4.79 Å². The summed E-state index contributed by atoms with van der Waals surface area (Å²) < 4.78 is 5.43. The van der Waals surface area contributed by atoms with E-state index < -0.39 is 12.0 Å². The Kier molecular flexibility index (Phi) is 4.62. The maximum atomic E-state index is 11.0. The number of carbonyl (C=O) groups excluding carboxylic acids is 1. The van der Waals surface area contributed by atoms with Gasteiger partial charge in [-0.15, -0.1) is 0 Å². The first kappa shape index (κ1) is 15.1. The molecule has 1 aromatic carbocycles. The number of H-pyrrole nitrogens is 1. The highest BCUT2D eigenvalue weighted by Crippen LogP contribution is 2.17. The minimum absolute atomic E-state index is 0.468. The lowest BCUT2D eigenvalue weighted by molar-refractivity contribution is -0.123. The van der Waals surface area contributed by atoms with Crippen LogP contribution in [0.2, 0.25) is 0 Å². The smallest absolute Gasteiger partial charge is 0.258 e. The molecule has 5 heteroatoms. The molecule has 3 N–H and O–H groups in total. The second kappa shape index (κ2) is 6.43. The van der Waals surface area contributed by atoms with Crippen LogP contribution in [0, 0.1) is 13.8 Å². The largest absolute Gasteiger partial charge is 0.481 e. The van der Waals surface area contributed by atoms with Gasteiger partial charge in [0.15, 0.2) is 6.10 Å². The number of aryl methyl sites for hydroxylation is 3. The molecular formula is C16H21N3O2. The molecule has 0 fully saturated rings. The highest BCUT2D eigenvalue weighted by molar-refractivity contribution is 5.78. The number of nitrogens with zero attached hydrogens (tertiary/aromatic N) is 1. The fourth-order valence-corrected chi connectivity index (χ4v) is 2.21. The van der Waals surface area contributed by atoms with Crippen molar-refractivity contribution in [3.8, 4) is 5.75 Å². The van der Waals surface area contributed by atoms with Gasteiger partial charge in [-0.05, 0) is 56.9 Å². The lowest BCUT2D eigenvalue weighted by Gasteiger charge is -2.11. The van der Waals surface area contributed by atoms with Crippen molar-refractivity contribution in [3.05, 3.63) is 46.8 Å². The maximum absolute atomic E-state index is 11.0. The third-order valence-electron chi connectivity index (χ3n) is 3.58. The molecule has 1 heterocycles. The first-order valence-electron chi connectivity index (χ1n) is 7.02. The van der Waals surface area contributed by atoms with Crippen molar-refractivity contribution in [1.82, 2.24) is 10.2 Å². The molecule has 0 aliphatic heterocycles. The number of primary amides is 1. The molecule has 1 atom stereocenters.